The van der Waals surface area contributed by atoms with Crippen LogP contribution in [-0.4, -0.2) is 19.7 Å². The molecule has 124 valence electrons. The number of nitrogens with one attached hydrogen (secondary N) is 1. The zero-order valence-corrected chi connectivity index (χ0v) is 14.0. The maximum absolute atomic E-state index is 9.32. The average molecular weight is 351 g/mol. The second-order valence-electron chi connectivity index (χ2n) is 5.60. The van der Waals surface area contributed by atoms with Crippen LogP contribution in [0, 0.1) is 0 Å². The summed E-state index contributed by atoms with van der Waals surface area (Å²) in [5.74, 6) is 0.725. The van der Waals surface area contributed by atoms with E-state index in [1.165, 1.54) is 0 Å². The normalized spacial score (nSPS) is 11.0. The second kappa shape index (κ2) is 6.55. The summed E-state index contributed by atoms with van der Waals surface area (Å²) in [4.78, 5) is 4.37. The number of halogens is 1. The van der Waals surface area contributed by atoms with E-state index < -0.39 is 0 Å². The SMILES string of the molecule is OCc1cccc(-c2ccc3ncc(Nc4ccccc4Cl)n3n2)c1. The Morgan fingerprint density at radius 1 is 1.04 bits per heavy atom. The number of para-hydroxylation sites is 1. The van der Waals surface area contributed by atoms with Gasteiger partial charge in [-0.05, 0) is 35.9 Å². The number of hydrogen-bond donors (Lipinski definition) is 2. The maximum atomic E-state index is 9.32. The molecule has 0 fully saturated rings. The van der Waals surface area contributed by atoms with Crippen LogP contribution in [0.1, 0.15) is 5.56 Å². The van der Waals surface area contributed by atoms with Gasteiger partial charge in [-0.25, -0.2) is 4.98 Å². The van der Waals surface area contributed by atoms with Crippen molar-refractivity contribution in [3.05, 3.63) is 77.4 Å². The Morgan fingerprint density at radius 2 is 1.92 bits per heavy atom. The van der Waals surface area contributed by atoms with Crippen LogP contribution in [0.15, 0.2) is 66.9 Å². The Hall–Kier alpha value is -2.89. The first-order chi connectivity index (χ1) is 12.2. The zero-order valence-electron chi connectivity index (χ0n) is 13.2. The van der Waals surface area contributed by atoms with Crippen LogP contribution in [0.3, 0.4) is 0 Å². The van der Waals surface area contributed by atoms with Crippen LogP contribution in [0.4, 0.5) is 11.5 Å². The molecule has 0 amide bonds. The number of imidazole rings is 1. The highest BCUT2D eigenvalue weighted by molar-refractivity contribution is 6.33. The molecule has 2 aromatic carbocycles. The molecule has 0 radical (unpaired) electrons. The average Bonchev–Trinajstić information content (AvgIpc) is 3.06. The van der Waals surface area contributed by atoms with E-state index in [9.17, 15) is 5.11 Å². The molecule has 0 unspecified atom stereocenters. The summed E-state index contributed by atoms with van der Waals surface area (Å²) in [7, 11) is 0. The molecule has 4 aromatic rings. The predicted octanol–water partition coefficient (Wildman–Crippen LogP) is 4.29. The van der Waals surface area contributed by atoms with Crippen molar-refractivity contribution >= 4 is 28.8 Å². The lowest BCUT2D eigenvalue weighted by Crippen LogP contribution is -2.00. The Bertz CT molecular complexity index is 1040. The molecule has 0 saturated heterocycles. The van der Waals surface area contributed by atoms with Gasteiger partial charge < -0.3 is 10.4 Å². The fourth-order valence-corrected chi connectivity index (χ4v) is 2.83. The highest BCUT2D eigenvalue weighted by Crippen LogP contribution is 2.26. The monoisotopic (exact) mass is 350 g/mol. The molecule has 0 aliphatic rings. The first-order valence-electron chi connectivity index (χ1n) is 7.81. The molecule has 0 aliphatic carbocycles. The number of anilines is 2. The van der Waals surface area contributed by atoms with Crippen molar-refractivity contribution in [3.8, 4) is 11.3 Å². The fraction of sp³-hybridized carbons (Fsp3) is 0.0526. The quantitative estimate of drug-likeness (QED) is 0.576. The molecule has 0 atom stereocenters. The van der Waals surface area contributed by atoms with E-state index >= 15 is 0 Å². The Morgan fingerprint density at radius 3 is 2.76 bits per heavy atom. The number of aliphatic hydroxyl groups excluding tert-OH is 1. The fourth-order valence-electron chi connectivity index (χ4n) is 2.64. The number of nitrogens with zero attached hydrogens (tertiary/aromatic N) is 3. The lowest BCUT2D eigenvalue weighted by molar-refractivity contribution is 0.282. The summed E-state index contributed by atoms with van der Waals surface area (Å²) < 4.78 is 1.74. The summed E-state index contributed by atoms with van der Waals surface area (Å²) in [5.41, 5.74) is 4.10. The van der Waals surface area contributed by atoms with Crippen molar-refractivity contribution in [2.75, 3.05) is 5.32 Å². The summed E-state index contributed by atoms with van der Waals surface area (Å²) in [6.07, 6.45) is 1.72. The van der Waals surface area contributed by atoms with E-state index in [4.69, 9.17) is 11.6 Å². The number of fused-ring (bicyclic) bond motifs is 1. The van der Waals surface area contributed by atoms with Gasteiger partial charge in [-0.3, -0.25) is 0 Å². The molecule has 0 spiro atoms. The van der Waals surface area contributed by atoms with Crippen LogP contribution in [-0.2, 0) is 6.61 Å². The number of rotatable bonds is 4. The van der Waals surface area contributed by atoms with Gasteiger partial charge >= 0.3 is 0 Å². The molecule has 2 heterocycles. The number of aliphatic hydroxyl groups is 1. The van der Waals surface area contributed by atoms with Gasteiger partial charge in [0, 0.05) is 5.56 Å². The minimum Gasteiger partial charge on any atom is -0.392 e. The lowest BCUT2D eigenvalue weighted by atomic mass is 10.1. The number of benzene rings is 2. The van der Waals surface area contributed by atoms with E-state index in [-0.39, 0.29) is 6.61 Å². The molecular weight excluding hydrogens is 336 g/mol. The molecule has 0 aliphatic heterocycles. The van der Waals surface area contributed by atoms with Crippen molar-refractivity contribution in [1.82, 2.24) is 14.6 Å². The van der Waals surface area contributed by atoms with Gasteiger partial charge in [0.25, 0.3) is 0 Å². The van der Waals surface area contributed by atoms with Crippen LogP contribution < -0.4 is 5.32 Å². The van der Waals surface area contributed by atoms with Gasteiger partial charge in [-0.15, -0.1) is 0 Å². The largest absolute Gasteiger partial charge is 0.392 e. The second-order valence-corrected chi connectivity index (χ2v) is 6.00. The third-order valence-corrected chi connectivity index (χ3v) is 4.23. The van der Waals surface area contributed by atoms with Crippen molar-refractivity contribution in [2.24, 2.45) is 0 Å². The first-order valence-corrected chi connectivity index (χ1v) is 8.19. The van der Waals surface area contributed by atoms with E-state index in [0.717, 1.165) is 34.0 Å². The Balaban J connectivity index is 1.76. The summed E-state index contributed by atoms with van der Waals surface area (Å²) in [5, 5.41) is 17.9. The Labute approximate surface area is 149 Å². The van der Waals surface area contributed by atoms with Gasteiger partial charge in [0.15, 0.2) is 11.5 Å². The highest BCUT2D eigenvalue weighted by atomic mass is 35.5. The third kappa shape index (κ3) is 3.07. The van der Waals surface area contributed by atoms with E-state index in [1.807, 2.05) is 60.7 Å². The molecular formula is C19H15ClN4O. The van der Waals surface area contributed by atoms with Gasteiger partial charge in [-0.2, -0.15) is 9.61 Å². The summed E-state index contributed by atoms with van der Waals surface area (Å²) in [6.45, 7) is 0.000468. The van der Waals surface area contributed by atoms with Gasteiger partial charge in [-0.1, -0.05) is 41.9 Å². The van der Waals surface area contributed by atoms with E-state index in [1.54, 1.807) is 10.7 Å². The Kier molecular flexibility index (Phi) is 4.09. The molecule has 2 N–H and O–H groups in total. The van der Waals surface area contributed by atoms with Gasteiger partial charge in [0.05, 0.1) is 29.2 Å². The van der Waals surface area contributed by atoms with E-state index in [0.29, 0.717) is 5.02 Å². The molecule has 0 saturated carbocycles. The smallest absolute Gasteiger partial charge is 0.155 e. The standard InChI is InChI=1S/C19H15ClN4O/c20-15-6-1-2-7-17(15)22-19-11-21-18-9-8-16(23-24(18)19)14-5-3-4-13(10-14)12-25/h1-11,22,25H,12H2. The predicted molar refractivity (Wildman–Crippen MR) is 99.1 cm³/mol. The first kappa shape index (κ1) is 15.6. The molecule has 25 heavy (non-hydrogen) atoms. The molecule has 4 rings (SSSR count). The minimum absolute atomic E-state index is 0.000468. The van der Waals surface area contributed by atoms with E-state index in [2.05, 4.69) is 15.4 Å². The van der Waals surface area contributed by atoms with Crippen molar-refractivity contribution in [3.63, 3.8) is 0 Å². The highest BCUT2D eigenvalue weighted by Gasteiger charge is 2.09. The third-order valence-electron chi connectivity index (χ3n) is 3.90. The topological polar surface area (TPSA) is 62.5 Å². The number of aromatic nitrogens is 3. The molecule has 0 bridgehead atoms. The number of hydrogen-bond acceptors (Lipinski definition) is 4. The minimum atomic E-state index is 0.000468. The molecule has 2 aromatic heterocycles. The van der Waals surface area contributed by atoms with Crippen molar-refractivity contribution in [1.29, 1.82) is 0 Å². The van der Waals surface area contributed by atoms with Crippen LogP contribution in [0.25, 0.3) is 16.9 Å². The zero-order chi connectivity index (χ0) is 17.2. The summed E-state index contributed by atoms with van der Waals surface area (Å²) >= 11 is 6.22. The lowest BCUT2D eigenvalue weighted by Gasteiger charge is -2.08. The maximum Gasteiger partial charge on any atom is 0.155 e. The molecule has 5 nitrogen and oxygen atoms in total. The van der Waals surface area contributed by atoms with Crippen LogP contribution in [0.5, 0.6) is 0 Å². The summed E-state index contributed by atoms with van der Waals surface area (Å²) in [6, 6.07) is 19.0. The van der Waals surface area contributed by atoms with Crippen LogP contribution >= 0.6 is 11.6 Å². The van der Waals surface area contributed by atoms with Crippen LogP contribution in [0.2, 0.25) is 5.02 Å². The van der Waals surface area contributed by atoms with Gasteiger partial charge in [0.1, 0.15) is 0 Å². The molecule has 6 heteroatoms. The van der Waals surface area contributed by atoms with Gasteiger partial charge in [0.2, 0.25) is 0 Å². The van der Waals surface area contributed by atoms with Crippen molar-refractivity contribution in [2.45, 2.75) is 6.61 Å². The van der Waals surface area contributed by atoms with Crippen molar-refractivity contribution < 1.29 is 5.11 Å².